The van der Waals surface area contributed by atoms with Crippen LogP contribution in [-0.4, -0.2) is 34.0 Å². The van der Waals surface area contributed by atoms with Gasteiger partial charge in [0.25, 0.3) is 0 Å². The van der Waals surface area contributed by atoms with E-state index in [1.54, 1.807) is 17.0 Å². The highest BCUT2D eigenvalue weighted by Crippen LogP contribution is 2.25. The Kier molecular flexibility index (Phi) is 9.28. The average Bonchev–Trinajstić information content (AvgIpc) is 2.68. The number of aryl methyl sites for hydroxylation is 1. The zero-order chi connectivity index (χ0) is 23.2. The van der Waals surface area contributed by atoms with E-state index in [0.29, 0.717) is 16.5 Å². The van der Waals surface area contributed by atoms with Crippen molar-refractivity contribution in [3.8, 4) is 0 Å². The van der Waals surface area contributed by atoms with E-state index in [0.717, 1.165) is 10.5 Å². The number of benzene rings is 2. The molecule has 1 atom stereocenters. The monoisotopic (exact) mass is 480 g/mol. The normalized spacial score (nSPS) is 12.4. The van der Waals surface area contributed by atoms with Gasteiger partial charge in [-0.05, 0) is 63.9 Å². The number of rotatable bonds is 8. The van der Waals surface area contributed by atoms with Crippen LogP contribution in [0.25, 0.3) is 0 Å². The second kappa shape index (κ2) is 11.3. The van der Waals surface area contributed by atoms with Gasteiger partial charge in [-0.1, -0.05) is 53.9 Å². The standard InChI is InChI=1S/C24H30Cl2N2O2S/c1-6-21(23(30)27-24(3,4)5)28(14-17-9-12-19(25)20(26)13-17)22(29)15-31-18-10-7-16(2)8-11-18/h7-13,21H,6,14-15H2,1-5H3,(H,27,30)/t21-/m1/s1. The van der Waals surface area contributed by atoms with Crippen LogP contribution >= 0.6 is 35.0 Å². The third-order valence-corrected chi connectivity index (χ3v) is 6.34. The summed E-state index contributed by atoms with van der Waals surface area (Å²) in [5.41, 5.74) is 1.60. The van der Waals surface area contributed by atoms with Gasteiger partial charge in [0.05, 0.1) is 15.8 Å². The minimum absolute atomic E-state index is 0.104. The van der Waals surface area contributed by atoms with Crippen LogP contribution in [0.2, 0.25) is 10.0 Å². The van der Waals surface area contributed by atoms with Crippen LogP contribution in [-0.2, 0) is 16.1 Å². The van der Waals surface area contributed by atoms with Gasteiger partial charge in [0.15, 0.2) is 0 Å². The van der Waals surface area contributed by atoms with E-state index in [9.17, 15) is 9.59 Å². The van der Waals surface area contributed by atoms with Crippen molar-refractivity contribution in [3.05, 3.63) is 63.6 Å². The Bertz CT molecular complexity index is 911. The Morgan fingerprint density at radius 2 is 1.71 bits per heavy atom. The summed E-state index contributed by atoms with van der Waals surface area (Å²) in [6, 6.07) is 12.7. The predicted octanol–water partition coefficient (Wildman–Crippen LogP) is 6.12. The van der Waals surface area contributed by atoms with Crippen LogP contribution in [0.1, 0.15) is 45.2 Å². The predicted molar refractivity (Wildman–Crippen MR) is 131 cm³/mol. The van der Waals surface area contributed by atoms with Gasteiger partial charge in [-0.25, -0.2) is 0 Å². The highest BCUT2D eigenvalue weighted by atomic mass is 35.5. The van der Waals surface area contributed by atoms with Crippen LogP contribution in [0, 0.1) is 6.92 Å². The lowest BCUT2D eigenvalue weighted by molar-refractivity contribution is -0.140. The Morgan fingerprint density at radius 1 is 1.06 bits per heavy atom. The summed E-state index contributed by atoms with van der Waals surface area (Å²) in [4.78, 5) is 28.9. The van der Waals surface area contributed by atoms with Gasteiger partial charge in [0.1, 0.15) is 6.04 Å². The van der Waals surface area contributed by atoms with Crippen LogP contribution in [0.5, 0.6) is 0 Å². The topological polar surface area (TPSA) is 49.4 Å². The van der Waals surface area contributed by atoms with E-state index in [1.165, 1.54) is 17.3 Å². The van der Waals surface area contributed by atoms with Crippen molar-refractivity contribution in [2.24, 2.45) is 0 Å². The number of carbonyl (C=O) groups excluding carboxylic acids is 2. The van der Waals surface area contributed by atoms with Gasteiger partial charge < -0.3 is 10.2 Å². The van der Waals surface area contributed by atoms with Crippen molar-refractivity contribution >= 4 is 46.8 Å². The smallest absolute Gasteiger partial charge is 0.243 e. The van der Waals surface area contributed by atoms with Crippen molar-refractivity contribution in [2.75, 3.05) is 5.75 Å². The molecule has 0 spiro atoms. The zero-order valence-corrected chi connectivity index (χ0v) is 21.0. The van der Waals surface area contributed by atoms with E-state index < -0.39 is 6.04 Å². The summed E-state index contributed by atoms with van der Waals surface area (Å²) in [5.74, 6) is -0.0275. The lowest BCUT2D eigenvalue weighted by atomic mass is 10.1. The molecule has 1 N–H and O–H groups in total. The molecule has 31 heavy (non-hydrogen) atoms. The molecule has 0 radical (unpaired) electrons. The highest BCUT2D eigenvalue weighted by Gasteiger charge is 2.30. The molecular weight excluding hydrogens is 451 g/mol. The van der Waals surface area contributed by atoms with Gasteiger partial charge >= 0.3 is 0 Å². The molecule has 0 aromatic heterocycles. The van der Waals surface area contributed by atoms with Gasteiger partial charge in [0.2, 0.25) is 11.8 Å². The molecule has 0 bridgehead atoms. The maximum Gasteiger partial charge on any atom is 0.243 e. The number of nitrogens with one attached hydrogen (secondary N) is 1. The summed E-state index contributed by atoms with van der Waals surface area (Å²) in [6.45, 7) is 10.00. The van der Waals surface area contributed by atoms with Crippen molar-refractivity contribution in [2.45, 2.75) is 64.1 Å². The van der Waals surface area contributed by atoms with Crippen molar-refractivity contribution in [1.29, 1.82) is 0 Å². The van der Waals surface area contributed by atoms with Gasteiger partial charge in [0, 0.05) is 17.0 Å². The molecule has 0 heterocycles. The number of amides is 2. The van der Waals surface area contributed by atoms with E-state index in [-0.39, 0.29) is 29.7 Å². The number of nitrogens with zero attached hydrogens (tertiary/aromatic N) is 1. The first-order valence-electron chi connectivity index (χ1n) is 10.2. The fourth-order valence-electron chi connectivity index (χ4n) is 3.07. The molecule has 0 saturated heterocycles. The van der Waals surface area contributed by atoms with Crippen molar-refractivity contribution < 1.29 is 9.59 Å². The Labute approximate surface area is 199 Å². The van der Waals surface area contributed by atoms with Crippen molar-refractivity contribution in [1.82, 2.24) is 10.2 Å². The molecule has 2 aromatic carbocycles. The largest absolute Gasteiger partial charge is 0.350 e. The summed E-state index contributed by atoms with van der Waals surface area (Å²) in [7, 11) is 0. The van der Waals surface area contributed by atoms with E-state index in [1.807, 2.05) is 65.0 Å². The third kappa shape index (κ3) is 8.06. The first kappa shape index (κ1) is 25.6. The molecular formula is C24H30Cl2N2O2S. The van der Waals surface area contributed by atoms with Gasteiger partial charge in [-0.3, -0.25) is 9.59 Å². The molecule has 0 aliphatic rings. The third-order valence-electron chi connectivity index (χ3n) is 4.60. The summed E-state index contributed by atoms with van der Waals surface area (Å²) < 4.78 is 0. The molecule has 0 saturated carbocycles. The Morgan fingerprint density at radius 3 is 2.26 bits per heavy atom. The first-order chi connectivity index (χ1) is 14.5. The average molecular weight is 481 g/mol. The summed E-state index contributed by atoms with van der Waals surface area (Å²) in [5, 5.41) is 3.88. The molecule has 0 aliphatic heterocycles. The summed E-state index contributed by atoms with van der Waals surface area (Å²) in [6.07, 6.45) is 0.504. The SMILES string of the molecule is CC[C@H](C(=O)NC(C)(C)C)N(Cc1ccc(Cl)c(Cl)c1)C(=O)CSc1ccc(C)cc1. The number of thioether (sulfide) groups is 1. The fourth-order valence-corrected chi connectivity index (χ4v) is 4.17. The zero-order valence-electron chi connectivity index (χ0n) is 18.7. The quantitative estimate of drug-likeness (QED) is 0.463. The van der Waals surface area contributed by atoms with Crippen LogP contribution in [0.3, 0.4) is 0 Å². The van der Waals surface area contributed by atoms with E-state index in [4.69, 9.17) is 23.2 Å². The van der Waals surface area contributed by atoms with Crippen LogP contribution in [0.15, 0.2) is 47.4 Å². The maximum atomic E-state index is 13.3. The number of hydrogen-bond acceptors (Lipinski definition) is 3. The van der Waals surface area contributed by atoms with Crippen LogP contribution in [0.4, 0.5) is 0 Å². The molecule has 4 nitrogen and oxygen atoms in total. The molecule has 0 unspecified atom stereocenters. The molecule has 2 rings (SSSR count). The van der Waals surface area contributed by atoms with Crippen LogP contribution < -0.4 is 5.32 Å². The minimum atomic E-state index is -0.584. The first-order valence-corrected chi connectivity index (χ1v) is 12.0. The minimum Gasteiger partial charge on any atom is -0.350 e. The molecule has 168 valence electrons. The molecule has 2 aromatic rings. The maximum absolute atomic E-state index is 13.3. The molecule has 7 heteroatoms. The molecule has 2 amide bonds. The van der Waals surface area contributed by atoms with E-state index >= 15 is 0 Å². The second-order valence-corrected chi connectivity index (χ2v) is 10.4. The second-order valence-electron chi connectivity index (χ2n) is 8.54. The van der Waals surface area contributed by atoms with Gasteiger partial charge in [-0.2, -0.15) is 0 Å². The number of halogens is 2. The summed E-state index contributed by atoms with van der Waals surface area (Å²) >= 11 is 13.7. The molecule has 0 aliphatic carbocycles. The fraction of sp³-hybridized carbons (Fsp3) is 0.417. The highest BCUT2D eigenvalue weighted by molar-refractivity contribution is 8.00. The lowest BCUT2D eigenvalue weighted by Crippen LogP contribution is -2.53. The Balaban J connectivity index is 2.25. The van der Waals surface area contributed by atoms with E-state index in [2.05, 4.69) is 5.32 Å². The Hall–Kier alpha value is -1.69. The van der Waals surface area contributed by atoms with Gasteiger partial charge in [-0.15, -0.1) is 11.8 Å². The number of carbonyl (C=O) groups is 2. The lowest BCUT2D eigenvalue weighted by Gasteiger charge is -2.33. The van der Waals surface area contributed by atoms with Crippen molar-refractivity contribution in [3.63, 3.8) is 0 Å². The molecule has 0 fully saturated rings. The number of hydrogen-bond donors (Lipinski definition) is 1.